The van der Waals surface area contributed by atoms with Gasteiger partial charge in [-0.2, -0.15) is 0 Å². The second kappa shape index (κ2) is 5.77. The highest BCUT2D eigenvalue weighted by molar-refractivity contribution is 6.10. The van der Waals surface area contributed by atoms with E-state index in [1.54, 1.807) is 0 Å². The van der Waals surface area contributed by atoms with Crippen LogP contribution in [0.1, 0.15) is 22.6 Å². The van der Waals surface area contributed by atoms with Crippen LogP contribution in [0.15, 0.2) is 108 Å². The molecule has 1 heteroatoms. The number of benzene rings is 5. The van der Waals surface area contributed by atoms with Gasteiger partial charge < -0.3 is 4.42 Å². The predicted octanol–water partition coefficient (Wildman–Crippen LogP) is 8.39. The van der Waals surface area contributed by atoms with Crippen LogP contribution in [0.4, 0.5) is 0 Å². The minimum absolute atomic E-state index is 0.350. The van der Waals surface area contributed by atoms with E-state index >= 15 is 0 Å². The summed E-state index contributed by atoms with van der Waals surface area (Å²) in [5, 5.41) is 2.35. The normalized spacial score (nSPS) is 13.5. The fourth-order valence-electron chi connectivity index (χ4n) is 6.01. The number of fused-ring (bicyclic) bond motifs is 9. The number of rotatable bonds is 1. The summed E-state index contributed by atoms with van der Waals surface area (Å²) in [4.78, 5) is 0. The van der Waals surface area contributed by atoms with Crippen molar-refractivity contribution in [3.63, 3.8) is 0 Å². The van der Waals surface area contributed by atoms with E-state index in [0.717, 1.165) is 16.7 Å². The molecule has 0 bridgehead atoms. The van der Waals surface area contributed by atoms with Crippen molar-refractivity contribution in [3.8, 4) is 33.4 Å². The molecular weight excluding hydrogens is 388 g/mol. The van der Waals surface area contributed by atoms with Gasteiger partial charge >= 0.3 is 0 Å². The Morgan fingerprint density at radius 2 is 1.09 bits per heavy atom. The zero-order chi connectivity index (χ0) is 20.8. The molecule has 2 aliphatic carbocycles. The van der Waals surface area contributed by atoms with Gasteiger partial charge in [-0.1, -0.05) is 84.9 Å². The quantitative estimate of drug-likeness (QED) is 0.267. The van der Waals surface area contributed by atoms with Crippen molar-refractivity contribution in [3.05, 3.63) is 120 Å². The van der Waals surface area contributed by atoms with E-state index in [1.807, 2.05) is 6.07 Å². The van der Waals surface area contributed by atoms with Gasteiger partial charge in [-0.05, 0) is 62.7 Å². The van der Waals surface area contributed by atoms with Crippen LogP contribution in [-0.2, 0) is 0 Å². The lowest BCUT2D eigenvalue weighted by molar-refractivity contribution is 0.670. The molecule has 32 heavy (non-hydrogen) atoms. The zero-order valence-electron chi connectivity index (χ0n) is 17.3. The summed E-state index contributed by atoms with van der Waals surface area (Å²) in [6.07, 6.45) is 0. The molecule has 0 radical (unpaired) electrons. The third-order valence-electron chi connectivity index (χ3n) is 7.31. The Morgan fingerprint density at radius 1 is 0.500 bits per heavy atom. The van der Waals surface area contributed by atoms with E-state index in [1.165, 1.54) is 55.3 Å². The third-order valence-corrected chi connectivity index (χ3v) is 7.31. The second-order valence-electron chi connectivity index (χ2n) is 8.87. The average molecular weight is 406 g/mol. The molecule has 0 atom stereocenters. The summed E-state index contributed by atoms with van der Waals surface area (Å²) in [7, 11) is 0. The number of hydrogen-bond donors (Lipinski definition) is 0. The maximum Gasteiger partial charge on any atom is 0.143 e. The summed E-state index contributed by atoms with van der Waals surface area (Å²) in [5.74, 6) is 0.350. The van der Waals surface area contributed by atoms with Crippen LogP contribution in [0, 0.1) is 0 Å². The van der Waals surface area contributed by atoms with Gasteiger partial charge in [-0.15, -0.1) is 0 Å². The lowest BCUT2D eigenvalue weighted by atomic mass is 9.92. The smallest absolute Gasteiger partial charge is 0.143 e. The van der Waals surface area contributed by atoms with Crippen LogP contribution in [-0.4, -0.2) is 0 Å². The number of hydrogen-bond acceptors (Lipinski definition) is 1. The maximum atomic E-state index is 6.38. The minimum Gasteiger partial charge on any atom is -0.455 e. The molecule has 0 unspecified atom stereocenters. The molecule has 0 saturated carbocycles. The first kappa shape index (κ1) is 16.6. The Kier molecular flexibility index (Phi) is 2.99. The van der Waals surface area contributed by atoms with Crippen LogP contribution in [0.25, 0.3) is 55.3 Å². The predicted molar refractivity (Wildman–Crippen MR) is 131 cm³/mol. The Hall–Kier alpha value is -4.10. The van der Waals surface area contributed by atoms with Gasteiger partial charge in [-0.3, -0.25) is 0 Å². The Bertz CT molecular complexity index is 1660. The Morgan fingerprint density at radius 3 is 1.84 bits per heavy atom. The van der Waals surface area contributed by atoms with E-state index in [4.69, 9.17) is 4.42 Å². The molecular formula is C31H18O. The first-order valence-electron chi connectivity index (χ1n) is 11.2. The summed E-state index contributed by atoms with van der Waals surface area (Å²) in [6, 6.07) is 37.4. The second-order valence-corrected chi connectivity index (χ2v) is 8.87. The van der Waals surface area contributed by atoms with Crippen LogP contribution >= 0.6 is 0 Å². The number of furan rings is 1. The third kappa shape index (κ3) is 1.94. The number of para-hydroxylation sites is 2. The van der Waals surface area contributed by atoms with Crippen molar-refractivity contribution >= 4 is 21.9 Å². The van der Waals surface area contributed by atoms with E-state index in [0.29, 0.717) is 5.92 Å². The summed E-state index contributed by atoms with van der Waals surface area (Å²) in [6.45, 7) is 0. The molecule has 1 heterocycles. The standard InChI is InChI=1S/C31H18O/c1-3-11-23-20(8-1)26-16-18(17-27-21-9-2-4-12-24(21)29(23)30(26)27)19-13-7-14-25-22-10-5-6-15-28(22)32-31(19)25/h1-17,29H. The molecule has 1 nitrogen and oxygen atoms in total. The van der Waals surface area contributed by atoms with Crippen LogP contribution in [0.3, 0.4) is 0 Å². The van der Waals surface area contributed by atoms with Crippen molar-refractivity contribution in [1.82, 2.24) is 0 Å². The SMILES string of the molecule is c1ccc2c(c1)-c1cc(-c3cccc4c3oc3ccccc34)cc3c1C2c1ccccc1-3. The highest BCUT2D eigenvalue weighted by Gasteiger charge is 2.38. The molecule has 6 aromatic rings. The monoisotopic (exact) mass is 406 g/mol. The molecule has 8 rings (SSSR count). The molecule has 1 aromatic heterocycles. The molecule has 0 fully saturated rings. The summed E-state index contributed by atoms with van der Waals surface area (Å²) < 4.78 is 6.38. The lowest BCUT2D eigenvalue weighted by Gasteiger charge is -2.11. The van der Waals surface area contributed by atoms with Gasteiger partial charge in [0.2, 0.25) is 0 Å². The highest BCUT2D eigenvalue weighted by atomic mass is 16.3. The van der Waals surface area contributed by atoms with Gasteiger partial charge in [0.05, 0.1) is 0 Å². The lowest BCUT2D eigenvalue weighted by Crippen LogP contribution is -1.93. The van der Waals surface area contributed by atoms with Gasteiger partial charge in [0.25, 0.3) is 0 Å². The van der Waals surface area contributed by atoms with Gasteiger partial charge in [0, 0.05) is 22.3 Å². The van der Waals surface area contributed by atoms with Gasteiger partial charge in [0.1, 0.15) is 11.2 Å². The van der Waals surface area contributed by atoms with Gasteiger partial charge in [0.15, 0.2) is 0 Å². The average Bonchev–Trinajstić information content (AvgIpc) is 3.50. The minimum atomic E-state index is 0.350. The zero-order valence-corrected chi connectivity index (χ0v) is 17.3. The maximum absolute atomic E-state index is 6.38. The molecule has 148 valence electrons. The fourth-order valence-corrected chi connectivity index (χ4v) is 6.01. The van der Waals surface area contributed by atoms with E-state index in [9.17, 15) is 0 Å². The van der Waals surface area contributed by atoms with Crippen molar-refractivity contribution in [2.45, 2.75) is 5.92 Å². The largest absolute Gasteiger partial charge is 0.455 e. The topological polar surface area (TPSA) is 13.1 Å². The summed E-state index contributed by atoms with van der Waals surface area (Å²) in [5.41, 5.74) is 14.0. The van der Waals surface area contributed by atoms with Crippen molar-refractivity contribution in [2.24, 2.45) is 0 Å². The molecule has 2 aliphatic rings. The van der Waals surface area contributed by atoms with E-state index in [-0.39, 0.29) is 0 Å². The molecule has 0 saturated heterocycles. The molecule has 0 N–H and O–H groups in total. The van der Waals surface area contributed by atoms with Crippen LogP contribution < -0.4 is 0 Å². The fraction of sp³-hybridized carbons (Fsp3) is 0.0323. The van der Waals surface area contributed by atoms with Crippen molar-refractivity contribution in [2.75, 3.05) is 0 Å². The van der Waals surface area contributed by atoms with Crippen LogP contribution in [0.5, 0.6) is 0 Å². The molecule has 0 spiro atoms. The first-order valence-corrected chi connectivity index (χ1v) is 11.2. The van der Waals surface area contributed by atoms with Crippen LogP contribution in [0.2, 0.25) is 0 Å². The first-order chi connectivity index (χ1) is 15.9. The van der Waals surface area contributed by atoms with E-state index in [2.05, 4.69) is 97.1 Å². The van der Waals surface area contributed by atoms with Gasteiger partial charge in [-0.25, -0.2) is 0 Å². The molecule has 0 aliphatic heterocycles. The molecule has 0 amide bonds. The van der Waals surface area contributed by atoms with Crippen molar-refractivity contribution < 1.29 is 4.42 Å². The Balaban J connectivity index is 1.48. The Labute approximate surface area is 185 Å². The van der Waals surface area contributed by atoms with E-state index < -0.39 is 0 Å². The van der Waals surface area contributed by atoms with Crippen molar-refractivity contribution in [1.29, 1.82) is 0 Å². The molecule has 5 aromatic carbocycles. The highest BCUT2D eigenvalue weighted by Crippen LogP contribution is 2.58. The summed E-state index contributed by atoms with van der Waals surface area (Å²) >= 11 is 0.